The number of pyridine rings is 1. The normalized spacial score (nSPS) is 10.7. The summed E-state index contributed by atoms with van der Waals surface area (Å²) in [7, 11) is 0. The van der Waals surface area contributed by atoms with E-state index in [9.17, 15) is 9.59 Å². The Morgan fingerprint density at radius 1 is 1.03 bits per heavy atom. The molecule has 0 saturated heterocycles. The molecule has 0 fully saturated rings. The van der Waals surface area contributed by atoms with Crippen LogP contribution in [0.3, 0.4) is 0 Å². The molecule has 1 amide bonds. The summed E-state index contributed by atoms with van der Waals surface area (Å²) in [5.74, 6) is -0.981. The van der Waals surface area contributed by atoms with E-state index in [1.54, 1.807) is 23.5 Å². The minimum absolute atomic E-state index is 0.382. The third-order valence-electron chi connectivity index (χ3n) is 4.19. The third-order valence-corrected chi connectivity index (χ3v) is 5.78. The molecule has 0 aliphatic rings. The second kappa shape index (κ2) is 8.55. The van der Waals surface area contributed by atoms with Crippen LogP contribution in [0.25, 0.3) is 21.5 Å². The molecule has 0 aliphatic carbocycles. The first-order valence-electron chi connectivity index (χ1n) is 8.77. The molecule has 0 saturated carbocycles. The summed E-state index contributed by atoms with van der Waals surface area (Å²) in [6, 6.07) is 20.2. The molecule has 4 aromatic rings. The maximum absolute atomic E-state index is 12.8. The molecule has 7 heteroatoms. The zero-order valence-corrected chi connectivity index (χ0v) is 17.5. The SMILES string of the molecule is O=C(COC(=O)c1cc(-c2cccs2)nc2ccccc12)Nc1ccccc1Br. The Morgan fingerprint density at radius 2 is 1.83 bits per heavy atom. The van der Waals surface area contributed by atoms with Crippen LogP contribution in [0.5, 0.6) is 0 Å². The number of anilines is 1. The van der Waals surface area contributed by atoms with Gasteiger partial charge >= 0.3 is 5.97 Å². The lowest BCUT2D eigenvalue weighted by atomic mass is 10.1. The highest BCUT2D eigenvalue weighted by atomic mass is 79.9. The number of aromatic nitrogens is 1. The zero-order chi connectivity index (χ0) is 20.2. The topological polar surface area (TPSA) is 68.3 Å². The molecular formula is C22H15BrN2O3S. The van der Waals surface area contributed by atoms with Crippen LogP contribution in [0, 0.1) is 0 Å². The van der Waals surface area contributed by atoms with Gasteiger partial charge in [-0.15, -0.1) is 11.3 Å². The average Bonchev–Trinajstić information content (AvgIpc) is 3.28. The van der Waals surface area contributed by atoms with E-state index in [-0.39, 0.29) is 6.61 Å². The molecule has 0 aliphatic heterocycles. The van der Waals surface area contributed by atoms with E-state index >= 15 is 0 Å². The number of amides is 1. The van der Waals surface area contributed by atoms with Crippen LogP contribution in [0.2, 0.25) is 0 Å². The summed E-state index contributed by atoms with van der Waals surface area (Å²) < 4.78 is 6.04. The molecule has 0 spiro atoms. The van der Waals surface area contributed by atoms with E-state index in [0.717, 1.165) is 9.35 Å². The van der Waals surface area contributed by atoms with Crippen molar-refractivity contribution in [2.45, 2.75) is 0 Å². The third kappa shape index (κ3) is 4.36. The van der Waals surface area contributed by atoms with Gasteiger partial charge in [-0.05, 0) is 51.6 Å². The summed E-state index contributed by atoms with van der Waals surface area (Å²) in [6.45, 7) is -0.384. The molecule has 144 valence electrons. The monoisotopic (exact) mass is 466 g/mol. The van der Waals surface area contributed by atoms with E-state index in [1.807, 2.05) is 60.0 Å². The van der Waals surface area contributed by atoms with Crippen molar-refractivity contribution >= 4 is 55.7 Å². The van der Waals surface area contributed by atoms with Crippen LogP contribution in [0.4, 0.5) is 5.69 Å². The standard InChI is InChI=1S/C22H15BrN2O3S/c23-16-7-2-4-9-18(16)25-21(26)13-28-22(27)15-12-19(20-10-5-11-29-20)24-17-8-3-1-6-14(15)17/h1-12H,13H2,(H,25,26). The van der Waals surface area contributed by atoms with Gasteiger partial charge in [-0.3, -0.25) is 4.79 Å². The molecule has 2 heterocycles. The van der Waals surface area contributed by atoms with Gasteiger partial charge in [0.25, 0.3) is 5.91 Å². The number of carbonyl (C=O) groups is 2. The second-order valence-electron chi connectivity index (χ2n) is 6.15. The van der Waals surface area contributed by atoms with Crippen LogP contribution < -0.4 is 5.32 Å². The number of hydrogen-bond donors (Lipinski definition) is 1. The Balaban J connectivity index is 1.55. The summed E-state index contributed by atoms with van der Waals surface area (Å²) in [6.07, 6.45) is 0. The number of hydrogen-bond acceptors (Lipinski definition) is 5. The minimum Gasteiger partial charge on any atom is -0.452 e. The van der Waals surface area contributed by atoms with Crippen LogP contribution in [-0.2, 0) is 9.53 Å². The highest BCUT2D eigenvalue weighted by molar-refractivity contribution is 9.10. The van der Waals surface area contributed by atoms with Crippen LogP contribution in [-0.4, -0.2) is 23.5 Å². The van der Waals surface area contributed by atoms with Gasteiger partial charge in [-0.1, -0.05) is 36.4 Å². The number of nitrogens with zero attached hydrogens (tertiary/aromatic N) is 1. The van der Waals surface area contributed by atoms with Crippen molar-refractivity contribution in [3.8, 4) is 10.6 Å². The number of nitrogens with one attached hydrogen (secondary N) is 1. The fourth-order valence-electron chi connectivity index (χ4n) is 2.85. The molecule has 29 heavy (non-hydrogen) atoms. The number of benzene rings is 2. The van der Waals surface area contributed by atoms with Crippen LogP contribution in [0.1, 0.15) is 10.4 Å². The van der Waals surface area contributed by atoms with Crippen molar-refractivity contribution in [3.05, 3.63) is 82.1 Å². The first kappa shape index (κ1) is 19.3. The zero-order valence-electron chi connectivity index (χ0n) is 15.1. The lowest BCUT2D eigenvalue weighted by Gasteiger charge is -2.10. The van der Waals surface area contributed by atoms with Crippen molar-refractivity contribution < 1.29 is 14.3 Å². The van der Waals surface area contributed by atoms with Gasteiger partial charge in [-0.25, -0.2) is 9.78 Å². The average molecular weight is 467 g/mol. The van der Waals surface area contributed by atoms with E-state index in [2.05, 4.69) is 26.2 Å². The first-order chi connectivity index (χ1) is 14.1. The second-order valence-corrected chi connectivity index (χ2v) is 7.96. The Kier molecular flexibility index (Phi) is 5.69. The summed E-state index contributed by atoms with van der Waals surface area (Å²) in [5, 5.41) is 5.35. The summed E-state index contributed by atoms with van der Waals surface area (Å²) in [4.78, 5) is 30.6. The van der Waals surface area contributed by atoms with E-state index in [1.165, 1.54) is 0 Å². The van der Waals surface area contributed by atoms with Crippen molar-refractivity contribution in [2.24, 2.45) is 0 Å². The summed E-state index contributed by atoms with van der Waals surface area (Å²) in [5.41, 5.74) is 2.39. The molecular weight excluding hydrogens is 452 g/mol. The number of thiophene rings is 1. The number of rotatable bonds is 5. The van der Waals surface area contributed by atoms with Gasteiger partial charge in [-0.2, -0.15) is 0 Å². The Labute approximate surface area is 179 Å². The minimum atomic E-state index is -0.566. The molecule has 5 nitrogen and oxygen atoms in total. The lowest BCUT2D eigenvalue weighted by molar-refractivity contribution is -0.119. The number of carbonyl (C=O) groups excluding carboxylic acids is 2. The molecule has 0 radical (unpaired) electrons. The Morgan fingerprint density at radius 3 is 2.62 bits per heavy atom. The number of para-hydroxylation sites is 2. The number of ether oxygens (including phenoxy) is 1. The van der Waals surface area contributed by atoms with Crippen LogP contribution >= 0.6 is 27.3 Å². The van der Waals surface area contributed by atoms with Gasteiger partial charge in [0.05, 0.1) is 27.3 Å². The predicted octanol–water partition coefficient (Wildman–Crippen LogP) is 5.52. The quantitative estimate of drug-likeness (QED) is 0.393. The molecule has 2 aromatic carbocycles. The predicted molar refractivity (Wildman–Crippen MR) is 118 cm³/mol. The highest BCUT2D eigenvalue weighted by Gasteiger charge is 2.17. The number of esters is 1. The Bertz CT molecular complexity index is 1190. The van der Waals surface area contributed by atoms with Gasteiger partial charge in [0.2, 0.25) is 0 Å². The molecule has 2 aromatic heterocycles. The highest BCUT2D eigenvalue weighted by Crippen LogP contribution is 2.28. The van der Waals surface area contributed by atoms with Gasteiger partial charge in [0.15, 0.2) is 6.61 Å². The van der Waals surface area contributed by atoms with Gasteiger partial charge in [0.1, 0.15) is 0 Å². The van der Waals surface area contributed by atoms with Crippen molar-refractivity contribution in [1.29, 1.82) is 0 Å². The van der Waals surface area contributed by atoms with E-state index in [4.69, 9.17) is 4.74 Å². The smallest absolute Gasteiger partial charge is 0.339 e. The fraction of sp³-hybridized carbons (Fsp3) is 0.0455. The maximum atomic E-state index is 12.8. The molecule has 0 atom stereocenters. The number of halogens is 1. The first-order valence-corrected chi connectivity index (χ1v) is 10.4. The lowest BCUT2D eigenvalue weighted by Crippen LogP contribution is -2.21. The van der Waals surface area contributed by atoms with E-state index in [0.29, 0.717) is 27.8 Å². The molecule has 4 rings (SSSR count). The largest absolute Gasteiger partial charge is 0.452 e. The van der Waals surface area contributed by atoms with Crippen molar-refractivity contribution in [3.63, 3.8) is 0 Å². The fourth-order valence-corrected chi connectivity index (χ4v) is 3.92. The molecule has 1 N–H and O–H groups in total. The van der Waals surface area contributed by atoms with Gasteiger partial charge < -0.3 is 10.1 Å². The maximum Gasteiger partial charge on any atom is 0.339 e. The van der Waals surface area contributed by atoms with E-state index < -0.39 is 11.9 Å². The van der Waals surface area contributed by atoms with Crippen LogP contribution in [0.15, 0.2) is 76.6 Å². The Hall–Kier alpha value is -3.03. The van der Waals surface area contributed by atoms with Crippen molar-refractivity contribution in [2.75, 3.05) is 11.9 Å². The molecule has 0 bridgehead atoms. The van der Waals surface area contributed by atoms with Gasteiger partial charge in [0, 0.05) is 9.86 Å². The molecule has 0 unspecified atom stereocenters. The number of fused-ring (bicyclic) bond motifs is 1. The van der Waals surface area contributed by atoms with Crippen molar-refractivity contribution in [1.82, 2.24) is 4.98 Å². The summed E-state index contributed by atoms with van der Waals surface area (Å²) >= 11 is 4.91.